The Balaban J connectivity index is 1.40. The number of halogens is 4. The predicted molar refractivity (Wildman–Crippen MR) is 136 cm³/mol. The van der Waals surface area contributed by atoms with E-state index in [1.807, 2.05) is 16.7 Å². The Hall–Kier alpha value is -3.82. The summed E-state index contributed by atoms with van der Waals surface area (Å²) in [5.74, 6) is -1.25. The number of nitrogens with one attached hydrogen (secondary N) is 1. The largest absolute Gasteiger partial charge is 0.340 e. The molecule has 1 aromatic heterocycles. The quantitative estimate of drug-likeness (QED) is 0.359. The molecule has 0 saturated carbocycles. The molecule has 37 heavy (non-hydrogen) atoms. The van der Waals surface area contributed by atoms with Gasteiger partial charge in [-0.3, -0.25) is 4.79 Å². The van der Waals surface area contributed by atoms with Gasteiger partial charge in [-0.25, -0.2) is 18.2 Å². The molecule has 190 valence electrons. The summed E-state index contributed by atoms with van der Waals surface area (Å²) < 4.78 is 42.4. The Morgan fingerprint density at radius 1 is 1.00 bits per heavy atom. The molecule has 1 aliphatic heterocycles. The fourth-order valence-corrected chi connectivity index (χ4v) is 4.49. The zero-order chi connectivity index (χ0) is 26.1. The highest BCUT2D eigenvalue weighted by Crippen LogP contribution is 2.33. The van der Waals surface area contributed by atoms with Crippen molar-refractivity contribution < 1.29 is 18.0 Å². The fourth-order valence-electron chi connectivity index (χ4n) is 4.37. The summed E-state index contributed by atoms with van der Waals surface area (Å²) >= 11 is 6.02. The molecular weight excluding hydrogens is 503 g/mol. The molecule has 5 rings (SSSR count). The Bertz CT molecular complexity index is 1440. The van der Waals surface area contributed by atoms with Crippen LogP contribution in [0, 0.1) is 17.5 Å². The van der Waals surface area contributed by atoms with Gasteiger partial charge in [0.15, 0.2) is 11.6 Å². The molecule has 0 unspecified atom stereocenters. The second-order valence-electron chi connectivity index (χ2n) is 8.83. The van der Waals surface area contributed by atoms with Gasteiger partial charge in [-0.2, -0.15) is 0 Å². The topological polar surface area (TPSA) is 76.2 Å². The van der Waals surface area contributed by atoms with Crippen LogP contribution in [0.25, 0.3) is 11.3 Å². The number of amides is 1. The lowest BCUT2D eigenvalue weighted by Crippen LogP contribution is -2.47. The summed E-state index contributed by atoms with van der Waals surface area (Å²) in [6.07, 6.45) is 0.0746. The highest BCUT2D eigenvalue weighted by molar-refractivity contribution is 6.30. The number of nitrogens with zero attached hydrogens (tertiary/aromatic N) is 3. The maximum atomic E-state index is 13.6. The van der Waals surface area contributed by atoms with Gasteiger partial charge >= 0.3 is 0 Å². The number of imidazole rings is 1. The first-order valence-electron chi connectivity index (χ1n) is 11.6. The molecule has 1 atom stereocenters. The van der Waals surface area contributed by atoms with E-state index in [1.54, 1.807) is 29.2 Å². The van der Waals surface area contributed by atoms with Crippen LogP contribution in [0.5, 0.6) is 0 Å². The molecule has 10 heteroatoms. The van der Waals surface area contributed by atoms with Crippen LogP contribution in [-0.4, -0.2) is 32.9 Å². The number of hydrogen-bond donors (Lipinski definition) is 2. The summed E-state index contributed by atoms with van der Waals surface area (Å²) in [6.45, 7) is 1.04. The first kappa shape index (κ1) is 24.9. The summed E-state index contributed by atoms with van der Waals surface area (Å²) in [5.41, 5.74) is 8.71. The highest BCUT2D eigenvalue weighted by atomic mass is 35.5. The standard InChI is InChI=1S/C27H23ClF3N5O/c28-18-4-8-20(9-5-18)33-26-25(17-2-6-19(29)7-3-17)34-24-15-35(11-12-36(24)26)27(37)23(32)14-16-1-10-21(30)22(31)13-16/h1-10,13,23,33H,11-12,14-15,32H2/t23-/m0/s1. The van der Waals surface area contributed by atoms with Crippen molar-refractivity contribution in [3.05, 3.63) is 101 Å². The number of benzene rings is 3. The van der Waals surface area contributed by atoms with Crippen molar-refractivity contribution >= 4 is 29.0 Å². The summed E-state index contributed by atoms with van der Waals surface area (Å²) in [6, 6.07) is 15.8. The monoisotopic (exact) mass is 525 g/mol. The maximum Gasteiger partial charge on any atom is 0.240 e. The van der Waals surface area contributed by atoms with Gasteiger partial charge in [0.2, 0.25) is 5.91 Å². The van der Waals surface area contributed by atoms with Gasteiger partial charge in [-0.05, 0) is 72.6 Å². The van der Waals surface area contributed by atoms with Gasteiger partial charge in [0.25, 0.3) is 0 Å². The van der Waals surface area contributed by atoms with Crippen LogP contribution in [0.1, 0.15) is 11.4 Å². The lowest BCUT2D eigenvalue weighted by molar-refractivity contribution is -0.134. The van der Waals surface area contributed by atoms with Crippen molar-refractivity contribution in [3.63, 3.8) is 0 Å². The van der Waals surface area contributed by atoms with E-state index in [1.165, 1.54) is 18.2 Å². The summed E-state index contributed by atoms with van der Waals surface area (Å²) in [7, 11) is 0. The van der Waals surface area contributed by atoms with Crippen molar-refractivity contribution in [2.75, 3.05) is 11.9 Å². The Morgan fingerprint density at radius 3 is 2.43 bits per heavy atom. The van der Waals surface area contributed by atoms with Gasteiger partial charge < -0.3 is 20.5 Å². The molecule has 1 amide bonds. The van der Waals surface area contributed by atoms with E-state index in [0.717, 1.165) is 17.8 Å². The number of rotatable bonds is 6. The minimum absolute atomic E-state index is 0.0746. The molecular formula is C27H23ClF3N5O. The minimum Gasteiger partial charge on any atom is -0.340 e. The molecule has 3 aromatic carbocycles. The lowest BCUT2D eigenvalue weighted by Gasteiger charge is -2.30. The van der Waals surface area contributed by atoms with Crippen LogP contribution >= 0.6 is 11.6 Å². The highest BCUT2D eigenvalue weighted by Gasteiger charge is 2.29. The van der Waals surface area contributed by atoms with E-state index in [0.29, 0.717) is 46.6 Å². The van der Waals surface area contributed by atoms with Crippen LogP contribution < -0.4 is 11.1 Å². The fraction of sp³-hybridized carbons (Fsp3) is 0.185. The average Bonchev–Trinajstić information content (AvgIpc) is 3.25. The first-order chi connectivity index (χ1) is 17.8. The molecule has 0 saturated heterocycles. The van der Waals surface area contributed by atoms with Crippen LogP contribution in [-0.2, 0) is 24.3 Å². The molecule has 0 aliphatic carbocycles. The van der Waals surface area contributed by atoms with Gasteiger partial charge in [0.1, 0.15) is 23.2 Å². The Morgan fingerprint density at radius 2 is 1.73 bits per heavy atom. The molecule has 3 N–H and O–H groups in total. The zero-order valence-corrected chi connectivity index (χ0v) is 20.4. The first-order valence-corrected chi connectivity index (χ1v) is 12.0. The van der Waals surface area contributed by atoms with Gasteiger partial charge in [0.05, 0.1) is 12.6 Å². The second kappa shape index (κ2) is 10.3. The van der Waals surface area contributed by atoms with E-state index < -0.39 is 17.7 Å². The van der Waals surface area contributed by atoms with E-state index in [9.17, 15) is 18.0 Å². The normalized spacial score (nSPS) is 13.8. The van der Waals surface area contributed by atoms with Crippen molar-refractivity contribution in [3.8, 4) is 11.3 Å². The van der Waals surface area contributed by atoms with Crippen LogP contribution in [0.15, 0.2) is 66.7 Å². The molecule has 0 spiro atoms. The SMILES string of the molecule is N[C@@H](Cc1ccc(F)c(F)c1)C(=O)N1CCn2c(nc(-c3ccc(F)cc3)c2Nc2ccc(Cl)cc2)C1. The van der Waals surface area contributed by atoms with Gasteiger partial charge in [-0.15, -0.1) is 0 Å². The molecule has 0 radical (unpaired) electrons. The van der Waals surface area contributed by atoms with Crippen LogP contribution in [0.3, 0.4) is 0 Å². The van der Waals surface area contributed by atoms with Crippen molar-refractivity contribution in [1.82, 2.24) is 14.5 Å². The van der Waals surface area contributed by atoms with Crippen LogP contribution in [0.2, 0.25) is 5.02 Å². The number of aromatic nitrogens is 2. The number of fused-ring (bicyclic) bond motifs is 1. The summed E-state index contributed by atoms with van der Waals surface area (Å²) in [4.78, 5) is 19.5. The predicted octanol–water partition coefficient (Wildman–Crippen LogP) is 5.28. The lowest BCUT2D eigenvalue weighted by atomic mass is 10.0. The average molecular weight is 526 g/mol. The molecule has 0 bridgehead atoms. The number of hydrogen-bond acceptors (Lipinski definition) is 4. The van der Waals surface area contributed by atoms with Gasteiger partial charge in [0, 0.05) is 29.4 Å². The molecule has 0 fully saturated rings. The maximum absolute atomic E-state index is 13.6. The molecule has 6 nitrogen and oxygen atoms in total. The zero-order valence-electron chi connectivity index (χ0n) is 19.6. The van der Waals surface area contributed by atoms with Crippen LogP contribution in [0.4, 0.5) is 24.7 Å². The van der Waals surface area contributed by atoms with Crippen molar-refractivity contribution in [2.24, 2.45) is 5.73 Å². The Labute approximate surface area is 216 Å². The second-order valence-corrected chi connectivity index (χ2v) is 9.27. The minimum atomic E-state index is -0.980. The third kappa shape index (κ3) is 5.33. The van der Waals surface area contributed by atoms with E-state index >= 15 is 0 Å². The molecule has 4 aromatic rings. The van der Waals surface area contributed by atoms with E-state index in [-0.39, 0.29) is 24.7 Å². The smallest absolute Gasteiger partial charge is 0.240 e. The third-order valence-corrected chi connectivity index (χ3v) is 6.52. The van der Waals surface area contributed by atoms with Crippen molar-refractivity contribution in [1.29, 1.82) is 0 Å². The number of carbonyl (C=O) groups is 1. The Kier molecular flexibility index (Phi) is 6.90. The summed E-state index contributed by atoms with van der Waals surface area (Å²) in [5, 5.41) is 3.99. The van der Waals surface area contributed by atoms with E-state index in [2.05, 4.69) is 5.32 Å². The molecule has 1 aliphatic rings. The van der Waals surface area contributed by atoms with Crippen molar-refractivity contribution in [2.45, 2.75) is 25.6 Å². The molecule has 2 heterocycles. The van der Waals surface area contributed by atoms with Gasteiger partial charge in [-0.1, -0.05) is 17.7 Å². The third-order valence-electron chi connectivity index (χ3n) is 6.27. The van der Waals surface area contributed by atoms with E-state index in [4.69, 9.17) is 22.3 Å². The number of carbonyl (C=O) groups excluding carboxylic acids is 1. The number of anilines is 2. The number of nitrogens with two attached hydrogens (primary N) is 1.